The predicted octanol–water partition coefficient (Wildman–Crippen LogP) is 4.55. The Labute approximate surface area is 188 Å². The molecule has 1 fully saturated rings. The molecular formula is C24H28ClN3OS. The maximum Gasteiger partial charge on any atom is 0.248 e. The van der Waals surface area contributed by atoms with Crippen LogP contribution in [0.4, 0.5) is 5.69 Å². The molecule has 0 spiro atoms. The summed E-state index contributed by atoms with van der Waals surface area (Å²) in [5.74, 6) is 0.828. The summed E-state index contributed by atoms with van der Waals surface area (Å²) in [7, 11) is 0. The second-order valence-electron chi connectivity index (χ2n) is 7.76. The van der Waals surface area contributed by atoms with Gasteiger partial charge in [0.25, 0.3) is 0 Å². The fourth-order valence-corrected chi connectivity index (χ4v) is 5.02. The lowest BCUT2D eigenvalue weighted by Gasteiger charge is -2.36. The first-order valence-corrected chi connectivity index (χ1v) is 12.0. The summed E-state index contributed by atoms with van der Waals surface area (Å²) in [6.45, 7) is 6.10. The van der Waals surface area contributed by atoms with Crippen LogP contribution in [0.5, 0.6) is 0 Å². The molecule has 2 aromatic rings. The summed E-state index contributed by atoms with van der Waals surface area (Å²) in [5, 5.41) is 3.88. The van der Waals surface area contributed by atoms with E-state index in [1.807, 2.05) is 30.3 Å². The Morgan fingerprint density at radius 3 is 2.57 bits per heavy atom. The Hall–Kier alpha value is -1.95. The fourth-order valence-electron chi connectivity index (χ4n) is 3.90. The van der Waals surface area contributed by atoms with Crippen LogP contribution in [0.3, 0.4) is 0 Å². The molecule has 0 bridgehead atoms. The molecule has 0 atom stereocenters. The number of benzene rings is 2. The molecule has 6 heteroatoms. The molecule has 0 unspecified atom stereocenters. The third-order valence-electron chi connectivity index (χ3n) is 5.67. The highest BCUT2D eigenvalue weighted by Crippen LogP contribution is 2.31. The van der Waals surface area contributed by atoms with Gasteiger partial charge in [0.2, 0.25) is 5.91 Å². The SMILES string of the molecule is O=C(NCCCCN1CCN(c2ccc(Cl)cc2)CC1)C1=Cc2ccccc2SC1. The van der Waals surface area contributed by atoms with Crippen LogP contribution in [0, 0.1) is 0 Å². The predicted molar refractivity (Wildman–Crippen MR) is 127 cm³/mol. The van der Waals surface area contributed by atoms with Crippen molar-refractivity contribution >= 4 is 41.0 Å². The second-order valence-corrected chi connectivity index (χ2v) is 9.22. The average Bonchev–Trinajstić information content (AvgIpc) is 2.79. The van der Waals surface area contributed by atoms with E-state index in [9.17, 15) is 4.79 Å². The molecule has 158 valence electrons. The molecule has 2 aromatic carbocycles. The van der Waals surface area contributed by atoms with Gasteiger partial charge in [-0.05, 0) is 61.4 Å². The molecule has 1 N–H and O–H groups in total. The summed E-state index contributed by atoms with van der Waals surface area (Å²) in [5.41, 5.74) is 3.27. The van der Waals surface area contributed by atoms with Gasteiger partial charge in [-0.25, -0.2) is 0 Å². The number of thioether (sulfide) groups is 1. The molecule has 2 aliphatic heterocycles. The van der Waals surface area contributed by atoms with E-state index in [4.69, 9.17) is 11.6 Å². The van der Waals surface area contributed by atoms with Crippen molar-refractivity contribution in [2.24, 2.45) is 0 Å². The Morgan fingerprint density at radius 2 is 1.77 bits per heavy atom. The van der Waals surface area contributed by atoms with Crippen LogP contribution in [-0.4, -0.2) is 55.8 Å². The van der Waals surface area contributed by atoms with E-state index in [1.54, 1.807) is 11.8 Å². The van der Waals surface area contributed by atoms with E-state index in [2.05, 4.69) is 39.4 Å². The maximum absolute atomic E-state index is 12.4. The minimum atomic E-state index is 0.0774. The zero-order chi connectivity index (χ0) is 20.8. The number of carbonyl (C=O) groups is 1. The van der Waals surface area contributed by atoms with Gasteiger partial charge in [0, 0.05) is 59.7 Å². The van der Waals surface area contributed by atoms with Crippen molar-refractivity contribution in [3.05, 3.63) is 64.7 Å². The Kier molecular flexibility index (Phi) is 7.37. The number of fused-ring (bicyclic) bond motifs is 1. The van der Waals surface area contributed by atoms with Crippen molar-refractivity contribution < 1.29 is 4.79 Å². The summed E-state index contributed by atoms with van der Waals surface area (Å²) >= 11 is 7.72. The van der Waals surface area contributed by atoms with Gasteiger partial charge in [-0.1, -0.05) is 29.8 Å². The first-order chi connectivity index (χ1) is 14.7. The maximum atomic E-state index is 12.4. The highest BCUT2D eigenvalue weighted by Gasteiger charge is 2.18. The molecule has 0 radical (unpaired) electrons. The smallest absolute Gasteiger partial charge is 0.248 e. The summed E-state index contributed by atoms with van der Waals surface area (Å²) in [6.07, 6.45) is 4.15. The number of hydrogen-bond donors (Lipinski definition) is 1. The van der Waals surface area contributed by atoms with Crippen LogP contribution in [0.1, 0.15) is 18.4 Å². The average molecular weight is 442 g/mol. The van der Waals surface area contributed by atoms with Crippen LogP contribution >= 0.6 is 23.4 Å². The van der Waals surface area contributed by atoms with Gasteiger partial charge < -0.3 is 10.2 Å². The number of nitrogens with one attached hydrogen (secondary N) is 1. The lowest BCUT2D eigenvalue weighted by molar-refractivity contribution is -0.117. The van der Waals surface area contributed by atoms with Gasteiger partial charge >= 0.3 is 0 Å². The van der Waals surface area contributed by atoms with E-state index in [-0.39, 0.29) is 5.91 Å². The zero-order valence-corrected chi connectivity index (χ0v) is 18.7. The van der Waals surface area contributed by atoms with Gasteiger partial charge in [0.15, 0.2) is 0 Å². The monoisotopic (exact) mass is 441 g/mol. The van der Waals surface area contributed by atoms with Crippen molar-refractivity contribution in [2.75, 3.05) is 49.9 Å². The number of carbonyl (C=O) groups excluding carboxylic acids is 1. The van der Waals surface area contributed by atoms with Gasteiger partial charge in [-0.2, -0.15) is 0 Å². The molecular weight excluding hydrogens is 414 g/mol. The molecule has 0 aromatic heterocycles. The quantitative estimate of drug-likeness (QED) is 0.639. The Morgan fingerprint density at radius 1 is 1.00 bits per heavy atom. The highest BCUT2D eigenvalue weighted by molar-refractivity contribution is 7.99. The Balaban J connectivity index is 1.12. The van der Waals surface area contributed by atoms with Crippen LogP contribution in [-0.2, 0) is 4.79 Å². The second kappa shape index (κ2) is 10.4. The first kappa shape index (κ1) is 21.3. The van der Waals surface area contributed by atoms with Crippen LogP contribution < -0.4 is 10.2 Å². The standard InChI is InChI=1S/C24H28ClN3OS/c25-21-7-9-22(10-8-21)28-15-13-27(14-16-28)12-4-3-11-26-24(29)20-17-19-5-1-2-6-23(19)30-18-20/h1-2,5-10,17H,3-4,11-16,18H2,(H,26,29). The van der Waals surface area contributed by atoms with E-state index in [1.165, 1.54) is 10.6 Å². The minimum absolute atomic E-state index is 0.0774. The Bertz CT molecular complexity index is 892. The summed E-state index contributed by atoms with van der Waals surface area (Å²) < 4.78 is 0. The minimum Gasteiger partial charge on any atom is -0.369 e. The molecule has 30 heavy (non-hydrogen) atoms. The molecule has 1 saturated heterocycles. The highest BCUT2D eigenvalue weighted by atomic mass is 35.5. The molecule has 4 rings (SSSR count). The van der Waals surface area contributed by atoms with Crippen LogP contribution in [0.2, 0.25) is 5.02 Å². The number of hydrogen-bond acceptors (Lipinski definition) is 4. The van der Waals surface area contributed by atoms with E-state index in [0.717, 1.165) is 74.0 Å². The van der Waals surface area contributed by atoms with Gasteiger partial charge in [0.05, 0.1) is 0 Å². The van der Waals surface area contributed by atoms with Gasteiger partial charge in [-0.3, -0.25) is 9.69 Å². The third-order valence-corrected chi connectivity index (χ3v) is 7.06. The third kappa shape index (κ3) is 5.60. The van der Waals surface area contributed by atoms with Crippen molar-refractivity contribution in [3.63, 3.8) is 0 Å². The van der Waals surface area contributed by atoms with Crippen LogP contribution in [0.25, 0.3) is 6.08 Å². The molecule has 2 heterocycles. The number of amides is 1. The van der Waals surface area contributed by atoms with E-state index < -0.39 is 0 Å². The number of anilines is 1. The van der Waals surface area contributed by atoms with Gasteiger partial charge in [0.1, 0.15) is 0 Å². The van der Waals surface area contributed by atoms with Crippen molar-refractivity contribution in [3.8, 4) is 0 Å². The zero-order valence-electron chi connectivity index (χ0n) is 17.1. The van der Waals surface area contributed by atoms with E-state index in [0.29, 0.717) is 0 Å². The number of unbranched alkanes of at least 4 members (excludes halogenated alkanes) is 1. The number of halogens is 1. The summed E-state index contributed by atoms with van der Waals surface area (Å²) in [6, 6.07) is 16.4. The molecule has 1 amide bonds. The van der Waals surface area contributed by atoms with E-state index >= 15 is 0 Å². The first-order valence-electron chi connectivity index (χ1n) is 10.6. The molecule has 0 aliphatic carbocycles. The number of piperazine rings is 1. The fraction of sp³-hybridized carbons (Fsp3) is 0.375. The molecule has 0 saturated carbocycles. The normalized spacial score (nSPS) is 16.7. The lowest BCUT2D eigenvalue weighted by Crippen LogP contribution is -2.46. The topological polar surface area (TPSA) is 35.6 Å². The lowest BCUT2D eigenvalue weighted by atomic mass is 10.1. The molecule has 4 nitrogen and oxygen atoms in total. The van der Waals surface area contributed by atoms with Crippen molar-refractivity contribution in [1.29, 1.82) is 0 Å². The molecule has 2 aliphatic rings. The number of nitrogens with zero attached hydrogens (tertiary/aromatic N) is 2. The largest absolute Gasteiger partial charge is 0.369 e. The van der Waals surface area contributed by atoms with Crippen molar-refractivity contribution in [1.82, 2.24) is 10.2 Å². The van der Waals surface area contributed by atoms with Crippen molar-refractivity contribution in [2.45, 2.75) is 17.7 Å². The van der Waals surface area contributed by atoms with Gasteiger partial charge in [-0.15, -0.1) is 11.8 Å². The van der Waals surface area contributed by atoms with Crippen LogP contribution in [0.15, 0.2) is 59.0 Å². The number of rotatable bonds is 7. The summed E-state index contributed by atoms with van der Waals surface area (Å²) in [4.78, 5) is 18.6.